The lowest BCUT2D eigenvalue weighted by atomic mass is 9.38. The minimum atomic E-state index is -0.0137. The standard InChI is InChI=1S/C36H22B2N2O2/c1-3-11-23(12-4-1)25-19-21-29-33-35(25)41-31-17-9-7-15-27(31)37(33)40-38-28-16-8-10-18-32(28)42-36-26(24-13-5-2-6-14-24)20-22-30(34(36)38)39(29)40/h1-22H. The molecule has 4 aliphatic rings. The van der Waals surface area contributed by atoms with Crippen LogP contribution in [0.1, 0.15) is 0 Å². The smallest absolute Gasteiger partial charge is 0.310 e. The van der Waals surface area contributed by atoms with E-state index in [0.29, 0.717) is 0 Å². The Labute approximate surface area is 244 Å². The Morgan fingerprint density at radius 2 is 0.857 bits per heavy atom. The fraction of sp³-hybridized carbons (Fsp3) is 0. The van der Waals surface area contributed by atoms with Gasteiger partial charge < -0.3 is 9.47 Å². The summed E-state index contributed by atoms with van der Waals surface area (Å²) in [5, 5.41) is 2.42. The van der Waals surface area contributed by atoms with Gasteiger partial charge >= 0.3 is 13.7 Å². The van der Waals surface area contributed by atoms with Crippen molar-refractivity contribution < 1.29 is 9.47 Å². The van der Waals surface area contributed by atoms with E-state index in [0.717, 1.165) is 56.6 Å². The van der Waals surface area contributed by atoms with Crippen LogP contribution in [-0.4, -0.2) is 18.5 Å². The van der Waals surface area contributed by atoms with E-state index < -0.39 is 0 Å². The minimum absolute atomic E-state index is 0.0137. The number of fused-ring (bicyclic) bond motifs is 9. The molecular weight excluding hydrogens is 514 g/mol. The lowest BCUT2D eigenvalue weighted by Gasteiger charge is -2.34. The monoisotopic (exact) mass is 536 g/mol. The van der Waals surface area contributed by atoms with Crippen LogP contribution in [0.4, 0.5) is 11.4 Å². The van der Waals surface area contributed by atoms with Gasteiger partial charge in [-0.3, -0.25) is 9.84 Å². The molecule has 6 aromatic carbocycles. The van der Waals surface area contributed by atoms with Gasteiger partial charge in [0.1, 0.15) is 23.0 Å². The van der Waals surface area contributed by atoms with Crippen molar-refractivity contribution in [3.8, 4) is 45.3 Å². The predicted octanol–water partition coefficient (Wildman–Crippen LogP) is 5.83. The molecule has 0 aromatic heterocycles. The highest BCUT2D eigenvalue weighted by Gasteiger charge is 2.58. The summed E-state index contributed by atoms with van der Waals surface area (Å²) in [5.41, 5.74) is 11.7. The zero-order chi connectivity index (χ0) is 27.4. The van der Waals surface area contributed by atoms with Crippen molar-refractivity contribution in [1.82, 2.24) is 4.83 Å². The molecule has 0 saturated heterocycles. The molecule has 0 aliphatic carbocycles. The van der Waals surface area contributed by atoms with Gasteiger partial charge in [-0.15, -0.1) is 0 Å². The van der Waals surface area contributed by atoms with Gasteiger partial charge in [0.15, 0.2) is 0 Å². The van der Waals surface area contributed by atoms with Crippen molar-refractivity contribution >= 4 is 46.9 Å². The second-order valence-electron chi connectivity index (χ2n) is 11.3. The normalized spacial score (nSPS) is 14.8. The fourth-order valence-corrected chi connectivity index (χ4v) is 7.42. The fourth-order valence-electron chi connectivity index (χ4n) is 7.42. The molecule has 0 atom stereocenters. The van der Waals surface area contributed by atoms with E-state index in [1.54, 1.807) is 0 Å². The first-order valence-corrected chi connectivity index (χ1v) is 14.4. The molecule has 194 valence electrons. The zero-order valence-electron chi connectivity index (χ0n) is 22.6. The molecule has 0 spiro atoms. The Balaban J connectivity index is 1.28. The third kappa shape index (κ3) is 2.82. The molecule has 4 aliphatic heterocycles. The third-order valence-corrected chi connectivity index (χ3v) is 9.13. The van der Waals surface area contributed by atoms with Crippen LogP contribution in [0, 0.1) is 0 Å². The number of rotatable bonds is 2. The molecule has 0 fully saturated rings. The van der Waals surface area contributed by atoms with E-state index in [9.17, 15) is 0 Å². The number of hydrogen-bond acceptors (Lipinski definition) is 4. The largest absolute Gasteiger partial charge is 0.458 e. The second kappa shape index (κ2) is 8.19. The van der Waals surface area contributed by atoms with E-state index in [4.69, 9.17) is 9.47 Å². The summed E-state index contributed by atoms with van der Waals surface area (Å²) in [7, 11) is 0. The van der Waals surface area contributed by atoms with Crippen LogP contribution in [0.15, 0.2) is 133 Å². The van der Waals surface area contributed by atoms with Crippen LogP contribution >= 0.6 is 0 Å². The Morgan fingerprint density at radius 3 is 1.33 bits per heavy atom. The van der Waals surface area contributed by atoms with Crippen molar-refractivity contribution in [2.75, 3.05) is 5.01 Å². The number of hydrogen-bond donors (Lipinski definition) is 0. The molecular formula is C36H22B2N2O2. The van der Waals surface area contributed by atoms with Crippen molar-refractivity contribution in [1.29, 1.82) is 0 Å². The number of ether oxygens (including phenoxy) is 2. The van der Waals surface area contributed by atoms with E-state index in [2.05, 4.69) is 143 Å². The molecule has 4 nitrogen and oxygen atoms in total. The zero-order valence-corrected chi connectivity index (χ0v) is 22.6. The van der Waals surface area contributed by atoms with Gasteiger partial charge in [0.2, 0.25) is 0 Å². The summed E-state index contributed by atoms with van der Waals surface area (Å²) in [6.07, 6.45) is 0. The summed E-state index contributed by atoms with van der Waals surface area (Å²) in [4.78, 5) is 2.56. The highest BCUT2D eigenvalue weighted by atomic mass is 16.5. The van der Waals surface area contributed by atoms with Gasteiger partial charge in [-0.2, -0.15) is 0 Å². The molecule has 10 rings (SSSR count). The number of anilines is 2. The first kappa shape index (κ1) is 22.5. The molecule has 6 aromatic rings. The van der Waals surface area contributed by atoms with Crippen LogP contribution in [-0.2, 0) is 0 Å². The number of nitrogens with zero attached hydrogens (tertiary/aromatic N) is 2. The Hall–Kier alpha value is -5.19. The molecule has 42 heavy (non-hydrogen) atoms. The van der Waals surface area contributed by atoms with Gasteiger partial charge in [0.25, 0.3) is 0 Å². The molecule has 0 N–H and O–H groups in total. The van der Waals surface area contributed by atoms with Crippen molar-refractivity contribution in [3.05, 3.63) is 133 Å². The first-order valence-electron chi connectivity index (χ1n) is 14.4. The maximum absolute atomic E-state index is 6.78. The molecule has 6 heteroatoms. The topological polar surface area (TPSA) is 24.9 Å². The summed E-state index contributed by atoms with van der Waals surface area (Å²) in [6, 6.07) is 47.1. The van der Waals surface area contributed by atoms with E-state index >= 15 is 0 Å². The Bertz CT molecular complexity index is 1930. The molecule has 4 heterocycles. The Morgan fingerprint density at radius 1 is 0.429 bits per heavy atom. The van der Waals surface area contributed by atoms with Gasteiger partial charge in [0.05, 0.1) is 11.4 Å². The van der Waals surface area contributed by atoms with Gasteiger partial charge in [-0.1, -0.05) is 97.1 Å². The maximum Gasteiger partial charge on any atom is 0.310 e. The highest BCUT2D eigenvalue weighted by molar-refractivity contribution is 7.02. The quantitative estimate of drug-likeness (QED) is 0.261. The Kier molecular flexibility index (Phi) is 4.38. The van der Waals surface area contributed by atoms with Crippen LogP contribution in [0.25, 0.3) is 22.3 Å². The maximum atomic E-state index is 6.78. The van der Waals surface area contributed by atoms with Gasteiger partial charge in [0, 0.05) is 22.1 Å². The summed E-state index contributed by atoms with van der Waals surface area (Å²) < 4.78 is 13.6. The molecule has 0 saturated carbocycles. The van der Waals surface area contributed by atoms with Crippen molar-refractivity contribution in [2.24, 2.45) is 0 Å². The molecule has 0 bridgehead atoms. The number of para-hydroxylation sites is 2. The minimum Gasteiger partial charge on any atom is -0.458 e. The van der Waals surface area contributed by atoms with Crippen LogP contribution in [0.2, 0.25) is 0 Å². The molecule has 0 amide bonds. The van der Waals surface area contributed by atoms with Crippen LogP contribution in [0.5, 0.6) is 23.0 Å². The number of hydrazine groups is 1. The average Bonchev–Trinajstić information content (AvgIpc) is 3.58. The second-order valence-corrected chi connectivity index (χ2v) is 11.3. The molecule has 0 unspecified atom stereocenters. The third-order valence-electron chi connectivity index (χ3n) is 9.13. The number of benzene rings is 6. The van der Waals surface area contributed by atoms with Crippen molar-refractivity contribution in [2.45, 2.75) is 0 Å². The van der Waals surface area contributed by atoms with Gasteiger partial charge in [-0.05, 0) is 58.5 Å². The first-order chi connectivity index (χ1) is 20.9. The van der Waals surface area contributed by atoms with Gasteiger partial charge in [-0.25, -0.2) is 0 Å². The lowest BCUT2D eigenvalue weighted by Crippen LogP contribution is -2.66. The summed E-state index contributed by atoms with van der Waals surface area (Å²) >= 11 is 0. The van der Waals surface area contributed by atoms with E-state index in [1.807, 2.05) is 0 Å². The summed E-state index contributed by atoms with van der Waals surface area (Å²) in [5.74, 6) is 3.71. The van der Waals surface area contributed by atoms with Crippen LogP contribution < -0.4 is 36.3 Å². The van der Waals surface area contributed by atoms with E-state index in [-0.39, 0.29) is 13.7 Å². The highest BCUT2D eigenvalue weighted by Crippen LogP contribution is 2.49. The van der Waals surface area contributed by atoms with E-state index in [1.165, 1.54) is 21.9 Å². The SMILES string of the molecule is c1ccc(-c2ccc3c4c2Oc2ccccc2B4N2B4c5ccccc5Oc5c(-c6ccccc6)ccc(c54)N32)cc1. The van der Waals surface area contributed by atoms with Crippen molar-refractivity contribution in [3.63, 3.8) is 0 Å². The summed E-state index contributed by atoms with van der Waals surface area (Å²) in [6.45, 7) is -0.0274. The lowest BCUT2D eigenvalue weighted by molar-refractivity contribution is 0.488. The average molecular weight is 536 g/mol. The predicted molar refractivity (Wildman–Crippen MR) is 171 cm³/mol. The van der Waals surface area contributed by atoms with Crippen LogP contribution in [0.3, 0.4) is 0 Å². The molecule has 0 radical (unpaired) electrons.